The summed E-state index contributed by atoms with van der Waals surface area (Å²) in [6.07, 6.45) is 16.1. The molecule has 2 aliphatic rings. The molecule has 2 aliphatic carbocycles. The zero-order valence-electron chi connectivity index (χ0n) is 20.8. The summed E-state index contributed by atoms with van der Waals surface area (Å²) < 4.78 is 57.0. The standard InChI is InChI=1S/C30H38F4O/c1-2-3-4-5-6-7-20-8-9-25-17-24(15-14-23(25)16-20)21-10-12-22(13-11-21)26-18-27(31)29(28(32)19-26)35-30(33)34/h10-13,18-20,23-25,30H,2-9,14-17H2,1H3. The second-order valence-corrected chi connectivity index (χ2v) is 10.7. The predicted molar refractivity (Wildman–Crippen MR) is 133 cm³/mol. The van der Waals surface area contributed by atoms with Gasteiger partial charge in [-0.15, -0.1) is 0 Å². The largest absolute Gasteiger partial charge is 0.429 e. The van der Waals surface area contributed by atoms with Crippen molar-refractivity contribution in [3.63, 3.8) is 0 Å². The van der Waals surface area contributed by atoms with Crippen molar-refractivity contribution < 1.29 is 22.3 Å². The molecule has 4 rings (SSSR count). The molecule has 2 aromatic carbocycles. The first-order valence-electron chi connectivity index (χ1n) is 13.5. The molecule has 2 aromatic rings. The Labute approximate surface area is 207 Å². The second kappa shape index (κ2) is 12.3. The lowest BCUT2D eigenvalue weighted by molar-refractivity contribution is -0.0546. The van der Waals surface area contributed by atoms with Crippen molar-refractivity contribution >= 4 is 0 Å². The maximum absolute atomic E-state index is 14.1. The van der Waals surface area contributed by atoms with E-state index in [0.29, 0.717) is 17.0 Å². The first-order valence-corrected chi connectivity index (χ1v) is 13.5. The summed E-state index contributed by atoms with van der Waals surface area (Å²) in [7, 11) is 0. The van der Waals surface area contributed by atoms with E-state index in [1.54, 1.807) is 0 Å². The lowest BCUT2D eigenvalue weighted by atomic mass is 9.63. The van der Waals surface area contributed by atoms with E-state index < -0.39 is 24.0 Å². The topological polar surface area (TPSA) is 9.23 Å². The highest BCUT2D eigenvalue weighted by Gasteiger charge is 2.35. The number of alkyl halides is 2. The van der Waals surface area contributed by atoms with Crippen molar-refractivity contribution in [1.82, 2.24) is 0 Å². The van der Waals surface area contributed by atoms with Crippen LogP contribution in [-0.2, 0) is 0 Å². The van der Waals surface area contributed by atoms with E-state index in [-0.39, 0.29) is 0 Å². The van der Waals surface area contributed by atoms with E-state index in [1.165, 1.54) is 82.6 Å². The Hall–Kier alpha value is -2.04. The molecule has 0 N–H and O–H groups in total. The number of benzene rings is 2. The van der Waals surface area contributed by atoms with Crippen LogP contribution in [0.3, 0.4) is 0 Å². The molecule has 2 saturated carbocycles. The molecular formula is C30H38F4O. The van der Waals surface area contributed by atoms with Crippen LogP contribution in [0, 0.1) is 29.4 Å². The monoisotopic (exact) mass is 490 g/mol. The number of fused-ring (bicyclic) bond motifs is 1. The minimum atomic E-state index is -3.27. The van der Waals surface area contributed by atoms with E-state index in [0.717, 1.165) is 29.9 Å². The van der Waals surface area contributed by atoms with Gasteiger partial charge in [-0.3, -0.25) is 0 Å². The SMILES string of the molecule is CCCCCCCC1CCC2CC(c3ccc(-c4cc(F)c(OC(F)F)c(F)c4)cc3)CCC2C1. The smallest absolute Gasteiger partial charge is 0.387 e. The van der Waals surface area contributed by atoms with Gasteiger partial charge in [0.05, 0.1) is 0 Å². The van der Waals surface area contributed by atoms with Crippen LogP contribution >= 0.6 is 0 Å². The second-order valence-electron chi connectivity index (χ2n) is 10.7. The molecule has 0 heterocycles. The average molecular weight is 491 g/mol. The molecule has 4 atom stereocenters. The molecule has 0 saturated heterocycles. The van der Waals surface area contributed by atoms with Crippen molar-refractivity contribution in [2.24, 2.45) is 17.8 Å². The van der Waals surface area contributed by atoms with Gasteiger partial charge in [-0.25, -0.2) is 8.78 Å². The molecule has 0 bridgehead atoms. The fourth-order valence-corrected chi connectivity index (χ4v) is 6.46. The molecule has 2 fully saturated rings. The first kappa shape index (κ1) is 26.0. The number of hydrogen-bond donors (Lipinski definition) is 0. The highest BCUT2D eigenvalue weighted by Crippen LogP contribution is 2.48. The van der Waals surface area contributed by atoms with Crippen LogP contribution in [0.5, 0.6) is 5.75 Å². The summed E-state index contributed by atoms with van der Waals surface area (Å²) in [4.78, 5) is 0. The Balaban J connectivity index is 1.32. The normalized spacial score (nSPS) is 24.4. The number of hydrogen-bond acceptors (Lipinski definition) is 1. The summed E-state index contributed by atoms with van der Waals surface area (Å²) in [5.74, 6) is -0.143. The Morgan fingerprint density at radius 1 is 0.800 bits per heavy atom. The van der Waals surface area contributed by atoms with Crippen LogP contribution < -0.4 is 4.74 Å². The quantitative estimate of drug-likeness (QED) is 0.238. The lowest BCUT2D eigenvalue weighted by Crippen LogP contribution is -2.30. The summed E-state index contributed by atoms with van der Waals surface area (Å²) >= 11 is 0. The van der Waals surface area contributed by atoms with E-state index in [2.05, 4.69) is 23.8 Å². The van der Waals surface area contributed by atoms with Crippen LogP contribution in [0.4, 0.5) is 17.6 Å². The Kier molecular flexibility index (Phi) is 9.13. The third-order valence-electron chi connectivity index (χ3n) is 8.36. The molecule has 0 spiro atoms. The Bertz CT molecular complexity index is 919. The summed E-state index contributed by atoms with van der Waals surface area (Å²) in [5.41, 5.74) is 2.25. The van der Waals surface area contributed by atoms with E-state index in [4.69, 9.17) is 0 Å². The lowest BCUT2D eigenvalue weighted by Gasteiger charge is -2.42. The van der Waals surface area contributed by atoms with E-state index >= 15 is 0 Å². The number of ether oxygens (including phenoxy) is 1. The van der Waals surface area contributed by atoms with Crippen molar-refractivity contribution in [1.29, 1.82) is 0 Å². The van der Waals surface area contributed by atoms with Gasteiger partial charge in [0.25, 0.3) is 0 Å². The molecule has 35 heavy (non-hydrogen) atoms. The molecule has 0 amide bonds. The molecular weight excluding hydrogens is 452 g/mol. The van der Waals surface area contributed by atoms with Gasteiger partial charge in [0.15, 0.2) is 17.4 Å². The molecule has 0 aromatic heterocycles. The van der Waals surface area contributed by atoms with Crippen LogP contribution in [0.1, 0.15) is 95.5 Å². The molecule has 0 radical (unpaired) electrons. The van der Waals surface area contributed by atoms with Crippen molar-refractivity contribution in [3.8, 4) is 16.9 Å². The van der Waals surface area contributed by atoms with Gasteiger partial charge in [0.2, 0.25) is 0 Å². The molecule has 0 aliphatic heterocycles. The van der Waals surface area contributed by atoms with Crippen molar-refractivity contribution in [2.45, 2.75) is 96.5 Å². The van der Waals surface area contributed by atoms with Crippen molar-refractivity contribution in [2.75, 3.05) is 0 Å². The number of unbranched alkanes of at least 4 members (excludes halogenated alkanes) is 4. The van der Waals surface area contributed by atoms with Gasteiger partial charge < -0.3 is 4.74 Å². The Morgan fingerprint density at radius 2 is 1.46 bits per heavy atom. The van der Waals surface area contributed by atoms with Gasteiger partial charge in [-0.05, 0) is 84.6 Å². The average Bonchev–Trinajstić information content (AvgIpc) is 2.85. The zero-order chi connectivity index (χ0) is 24.8. The van der Waals surface area contributed by atoms with E-state index in [1.807, 2.05) is 12.1 Å². The zero-order valence-corrected chi connectivity index (χ0v) is 20.8. The highest BCUT2D eigenvalue weighted by molar-refractivity contribution is 5.65. The van der Waals surface area contributed by atoms with E-state index in [9.17, 15) is 17.6 Å². The third-order valence-corrected chi connectivity index (χ3v) is 8.36. The summed E-state index contributed by atoms with van der Waals surface area (Å²) in [6, 6.07) is 9.95. The maximum Gasteiger partial charge on any atom is 0.387 e. The first-order chi connectivity index (χ1) is 16.9. The number of halogens is 4. The molecule has 1 nitrogen and oxygen atoms in total. The maximum atomic E-state index is 14.1. The summed E-state index contributed by atoms with van der Waals surface area (Å²) in [6.45, 7) is -1.01. The molecule has 4 unspecified atom stereocenters. The minimum absolute atomic E-state index is 0.310. The van der Waals surface area contributed by atoms with Gasteiger partial charge in [-0.2, -0.15) is 8.78 Å². The molecule has 192 valence electrons. The van der Waals surface area contributed by atoms with Gasteiger partial charge in [0, 0.05) is 0 Å². The minimum Gasteiger partial charge on any atom is -0.429 e. The van der Waals surface area contributed by atoms with Crippen LogP contribution in [-0.4, -0.2) is 6.61 Å². The fraction of sp³-hybridized carbons (Fsp3) is 0.600. The fourth-order valence-electron chi connectivity index (χ4n) is 6.46. The van der Waals surface area contributed by atoms with Gasteiger partial charge >= 0.3 is 6.61 Å². The number of rotatable bonds is 10. The van der Waals surface area contributed by atoms with Crippen molar-refractivity contribution in [3.05, 3.63) is 53.6 Å². The third kappa shape index (κ3) is 6.80. The summed E-state index contributed by atoms with van der Waals surface area (Å²) in [5, 5.41) is 0. The highest BCUT2D eigenvalue weighted by atomic mass is 19.3. The molecule has 5 heteroatoms. The Morgan fingerprint density at radius 3 is 2.14 bits per heavy atom. The van der Waals surface area contributed by atoms with Gasteiger partial charge in [-0.1, -0.05) is 76.1 Å². The van der Waals surface area contributed by atoms with Crippen LogP contribution in [0.25, 0.3) is 11.1 Å². The van der Waals surface area contributed by atoms with Crippen LogP contribution in [0.15, 0.2) is 36.4 Å². The predicted octanol–water partition coefficient (Wildman–Crippen LogP) is 9.89. The van der Waals surface area contributed by atoms with Gasteiger partial charge in [0.1, 0.15) is 0 Å². The van der Waals surface area contributed by atoms with Crippen LogP contribution in [0.2, 0.25) is 0 Å².